The van der Waals surface area contributed by atoms with E-state index in [1.54, 1.807) is 0 Å². The molecule has 0 aliphatic rings. The molecule has 26 heavy (non-hydrogen) atoms. The van der Waals surface area contributed by atoms with Crippen molar-refractivity contribution in [2.75, 3.05) is 46.2 Å². The molecule has 0 aliphatic heterocycles. The van der Waals surface area contributed by atoms with Crippen LogP contribution in [0, 0.1) is 11.8 Å². The summed E-state index contributed by atoms with van der Waals surface area (Å²) < 4.78 is 22.1. The van der Waals surface area contributed by atoms with Gasteiger partial charge in [-0.3, -0.25) is 0 Å². The Bertz CT molecular complexity index is 259. The van der Waals surface area contributed by atoms with Gasteiger partial charge in [0, 0.05) is 44.9 Å². The molecule has 1 N–H and O–H groups in total. The van der Waals surface area contributed by atoms with Crippen molar-refractivity contribution in [2.45, 2.75) is 79.9 Å². The normalized spacial score (nSPS) is 15.7. The van der Waals surface area contributed by atoms with Gasteiger partial charge < -0.3 is 24.1 Å². The van der Waals surface area contributed by atoms with Gasteiger partial charge in [-0.2, -0.15) is 0 Å². The van der Waals surface area contributed by atoms with E-state index in [9.17, 15) is 0 Å². The molecular formula is C21H46O5. The lowest BCUT2D eigenvalue weighted by atomic mass is 9.98. The van der Waals surface area contributed by atoms with Gasteiger partial charge in [-0.05, 0) is 47.0 Å². The molecule has 160 valence electrons. The van der Waals surface area contributed by atoms with Gasteiger partial charge in [-0.25, -0.2) is 0 Å². The third-order valence-electron chi connectivity index (χ3n) is 4.52. The van der Waals surface area contributed by atoms with Crippen LogP contribution < -0.4 is 0 Å². The minimum atomic E-state index is 0.173. The number of aliphatic hydroxyl groups excluding tert-OH is 1. The zero-order valence-corrected chi connectivity index (χ0v) is 18.5. The predicted molar refractivity (Wildman–Crippen MR) is 109 cm³/mol. The van der Waals surface area contributed by atoms with Crippen LogP contribution in [-0.2, 0) is 18.9 Å². The lowest BCUT2D eigenvalue weighted by Gasteiger charge is -2.25. The summed E-state index contributed by atoms with van der Waals surface area (Å²) in [6.07, 6.45) is 3.47. The van der Waals surface area contributed by atoms with Crippen LogP contribution in [-0.4, -0.2) is 63.6 Å². The van der Waals surface area contributed by atoms with Gasteiger partial charge >= 0.3 is 0 Å². The second-order valence-electron chi connectivity index (χ2n) is 6.23. The lowest BCUT2D eigenvalue weighted by molar-refractivity contribution is -0.0607. The van der Waals surface area contributed by atoms with Crippen molar-refractivity contribution in [3.63, 3.8) is 0 Å². The summed E-state index contributed by atoms with van der Waals surface area (Å²) in [5, 5.41) is 8.97. The summed E-state index contributed by atoms with van der Waals surface area (Å²) in [6.45, 7) is 19.1. The van der Waals surface area contributed by atoms with E-state index in [0.29, 0.717) is 18.4 Å². The Balaban J connectivity index is 0. The molecular weight excluding hydrogens is 332 g/mol. The number of hydrogen-bond donors (Lipinski definition) is 1. The molecule has 5 heteroatoms. The summed E-state index contributed by atoms with van der Waals surface area (Å²) in [7, 11) is 0. The Kier molecular flexibility index (Phi) is 22.7. The summed E-state index contributed by atoms with van der Waals surface area (Å²) >= 11 is 0. The van der Waals surface area contributed by atoms with Gasteiger partial charge in [0.25, 0.3) is 0 Å². The SMILES string of the molecule is CCOC(CC)C(CC)CO.CCOCC(CC)C(COCC)OCC. The first kappa shape index (κ1) is 28.0. The summed E-state index contributed by atoms with van der Waals surface area (Å²) in [5.41, 5.74) is 0. The van der Waals surface area contributed by atoms with Crippen LogP contribution in [0.25, 0.3) is 0 Å². The number of aliphatic hydroxyl groups is 1. The van der Waals surface area contributed by atoms with Gasteiger partial charge in [0.2, 0.25) is 0 Å². The fourth-order valence-corrected chi connectivity index (χ4v) is 2.84. The maximum Gasteiger partial charge on any atom is 0.0858 e. The minimum absolute atomic E-state index is 0.173. The molecule has 0 fully saturated rings. The Hall–Kier alpha value is -0.200. The van der Waals surface area contributed by atoms with E-state index < -0.39 is 0 Å². The van der Waals surface area contributed by atoms with Crippen LogP contribution in [0.5, 0.6) is 0 Å². The van der Waals surface area contributed by atoms with Gasteiger partial charge in [0.1, 0.15) is 0 Å². The second kappa shape index (κ2) is 21.1. The first-order valence-electron chi connectivity index (χ1n) is 10.6. The molecule has 0 amide bonds. The molecule has 0 heterocycles. The van der Waals surface area contributed by atoms with Crippen LogP contribution in [0.1, 0.15) is 67.7 Å². The Labute approximate surface area is 162 Å². The Morgan fingerprint density at radius 2 is 1.08 bits per heavy atom. The topological polar surface area (TPSA) is 57.2 Å². The summed E-state index contributed by atoms with van der Waals surface area (Å²) in [4.78, 5) is 0. The molecule has 0 spiro atoms. The maximum absolute atomic E-state index is 8.97. The highest BCUT2D eigenvalue weighted by Gasteiger charge is 2.20. The quantitative estimate of drug-likeness (QED) is 0.434. The van der Waals surface area contributed by atoms with Crippen molar-refractivity contribution in [1.29, 1.82) is 0 Å². The van der Waals surface area contributed by atoms with Gasteiger partial charge in [-0.15, -0.1) is 0 Å². The largest absolute Gasteiger partial charge is 0.396 e. The van der Waals surface area contributed by atoms with Crippen molar-refractivity contribution < 1.29 is 24.1 Å². The predicted octanol–water partition coefficient (Wildman–Crippen LogP) is 4.31. The second-order valence-corrected chi connectivity index (χ2v) is 6.23. The molecule has 4 atom stereocenters. The van der Waals surface area contributed by atoms with Crippen LogP contribution in [0.2, 0.25) is 0 Å². The van der Waals surface area contributed by atoms with E-state index in [2.05, 4.69) is 20.8 Å². The highest BCUT2D eigenvalue weighted by Crippen LogP contribution is 2.15. The number of rotatable bonds is 16. The smallest absolute Gasteiger partial charge is 0.0858 e. The molecule has 4 unspecified atom stereocenters. The van der Waals surface area contributed by atoms with Crippen LogP contribution in [0.15, 0.2) is 0 Å². The molecule has 0 bridgehead atoms. The number of ether oxygens (including phenoxy) is 4. The van der Waals surface area contributed by atoms with E-state index in [1.807, 2.05) is 27.7 Å². The fraction of sp³-hybridized carbons (Fsp3) is 1.00. The molecule has 0 aromatic carbocycles. The number of hydrogen-bond acceptors (Lipinski definition) is 5. The van der Waals surface area contributed by atoms with Crippen molar-refractivity contribution in [3.8, 4) is 0 Å². The highest BCUT2D eigenvalue weighted by atomic mass is 16.5. The van der Waals surface area contributed by atoms with E-state index >= 15 is 0 Å². The average Bonchev–Trinajstić information content (AvgIpc) is 2.67. The lowest BCUT2D eigenvalue weighted by Crippen LogP contribution is -2.32. The third kappa shape index (κ3) is 13.9. The Morgan fingerprint density at radius 1 is 0.577 bits per heavy atom. The van der Waals surface area contributed by atoms with Crippen molar-refractivity contribution in [3.05, 3.63) is 0 Å². The average molecular weight is 379 g/mol. The van der Waals surface area contributed by atoms with Crippen molar-refractivity contribution >= 4 is 0 Å². The highest BCUT2D eigenvalue weighted by molar-refractivity contribution is 4.69. The summed E-state index contributed by atoms with van der Waals surface area (Å²) in [6, 6.07) is 0. The van der Waals surface area contributed by atoms with E-state index in [4.69, 9.17) is 24.1 Å². The first-order valence-corrected chi connectivity index (χ1v) is 10.6. The maximum atomic E-state index is 8.97. The van der Waals surface area contributed by atoms with Gasteiger partial charge in [0.15, 0.2) is 0 Å². The molecule has 0 aromatic rings. The third-order valence-corrected chi connectivity index (χ3v) is 4.52. The molecule has 0 saturated heterocycles. The molecule has 0 rings (SSSR count). The molecule has 0 radical (unpaired) electrons. The molecule has 5 nitrogen and oxygen atoms in total. The standard InChI is InChI=1S/C12H26O3.C9H20O2/c1-5-11(9-13-6-2)12(15-8-4)10-14-7-3;1-4-8(7-10)9(5-2)11-6-3/h11-12H,5-10H2,1-4H3;8-10H,4-7H2,1-3H3. The molecule has 0 saturated carbocycles. The fourth-order valence-electron chi connectivity index (χ4n) is 2.84. The Morgan fingerprint density at radius 3 is 1.46 bits per heavy atom. The van der Waals surface area contributed by atoms with Crippen molar-refractivity contribution in [2.24, 2.45) is 11.8 Å². The van der Waals surface area contributed by atoms with Gasteiger partial charge in [0.05, 0.1) is 25.4 Å². The molecule has 0 aliphatic carbocycles. The zero-order chi connectivity index (χ0) is 20.2. The van der Waals surface area contributed by atoms with Crippen LogP contribution >= 0.6 is 0 Å². The van der Waals surface area contributed by atoms with Gasteiger partial charge in [-0.1, -0.05) is 20.8 Å². The van der Waals surface area contributed by atoms with Crippen LogP contribution in [0.3, 0.4) is 0 Å². The zero-order valence-electron chi connectivity index (χ0n) is 18.5. The molecule has 0 aromatic heterocycles. The minimum Gasteiger partial charge on any atom is -0.396 e. The monoisotopic (exact) mass is 378 g/mol. The van der Waals surface area contributed by atoms with Crippen molar-refractivity contribution in [1.82, 2.24) is 0 Å². The van der Waals surface area contributed by atoms with Crippen LogP contribution in [0.4, 0.5) is 0 Å². The van der Waals surface area contributed by atoms with E-state index in [-0.39, 0.29) is 18.8 Å². The van der Waals surface area contributed by atoms with E-state index in [1.165, 1.54) is 0 Å². The summed E-state index contributed by atoms with van der Waals surface area (Å²) in [5.74, 6) is 0.761. The van der Waals surface area contributed by atoms with E-state index in [0.717, 1.165) is 52.3 Å². The first-order chi connectivity index (χ1) is 12.6.